The van der Waals surface area contributed by atoms with E-state index in [1.54, 1.807) is 12.4 Å². The number of nitrogens with one attached hydrogen (secondary N) is 1. The summed E-state index contributed by atoms with van der Waals surface area (Å²) in [5.74, 6) is 0. The number of pyridine rings is 1. The van der Waals surface area contributed by atoms with Crippen LogP contribution in [0.1, 0.15) is 32.8 Å². The van der Waals surface area contributed by atoms with Crippen LogP contribution in [0.2, 0.25) is 0 Å². The summed E-state index contributed by atoms with van der Waals surface area (Å²) < 4.78 is 0. The lowest BCUT2D eigenvalue weighted by Crippen LogP contribution is -2.40. The molecule has 0 amide bonds. The third-order valence-electron chi connectivity index (χ3n) is 2.77. The van der Waals surface area contributed by atoms with Gasteiger partial charge in [0.1, 0.15) is 0 Å². The molecular weight excluding hydrogens is 200 g/mol. The van der Waals surface area contributed by atoms with Crippen molar-refractivity contribution in [3.05, 3.63) is 30.1 Å². The van der Waals surface area contributed by atoms with Gasteiger partial charge in [-0.2, -0.15) is 0 Å². The van der Waals surface area contributed by atoms with Crippen LogP contribution in [0.5, 0.6) is 0 Å². The maximum atomic E-state index is 9.05. The minimum Gasteiger partial charge on any atom is -0.396 e. The predicted octanol–water partition coefficient (Wildman–Crippen LogP) is 1.97. The summed E-state index contributed by atoms with van der Waals surface area (Å²) in [6.07, 6.45) is 4.39. The van der Waals surface area contributed by atoms with Gasteiger partial charge in [0.05, 0.1) is 0 Å². The van der Waals surface area contributed by atoms with Gasteiger partial charge in [-0.1, -0.05) is 20.8 Å². The summed E-state index contributed by atoms with van der Waals surface area (Å²) in [7, 11) is 0. The molecule has 0 bridgehead atoms. The average molecular weight is 222 g/mol. The number of hydrogen-bond donors (Lipinski definition) is 2. The van der Waals surface area contributed by atoms with Crippen molar-refractivity contribution in [3.63, 3.8) is 0 Å². The van der Waals surface area contributed by atoms with Crippen LogP contribution in [0.15, 0.2) is 24.5 Å². The molecule has 3 nitrogen and oxygen atoms in total. The van der Waals surface area contributed by atoms with Crippen molar-refractivity contribution in [1.29, 1.82) is 0 Å². The molecule has 2 N–H and O–H groups in total. The van der Waals surface area contributed by atoms with Gasteiger partial charge < -0.3 is 10.4 Å². The van der Waals surface area contributed by atoms with Crippen LogP contribution in [0.25, 0.3) is 0 Å². The van der Waals surface area contributed by atoms with Crippen LogP contribution < -0.4 is 5.32 Å². The first-order chi connectivity index (χ1) is 7.54. The quantitative estimate of drug-likeness (QED) is 0.800. The van der Waals surface area contributed by atoms with Gasteiger partial charge in [0.15, 0.2) is 0 Å². The highest BCUT2D eigenvalue weighted by atomic mass is 16.3. The first-order valence-electron chi connectivity index (χ1n) is 5.77. The zero-order valence-electron chi connectivity index (χ0n) is 10.4. The van der Waals surface area contributed by atoms with Gasteiger partial charge in [0.25, 0.3) is 0 Å². The first kappa shape index (κ1) is 13.1. The number of nitrogens with zero attached hydrogens (tertiary/aromatic N) is 1. The summed E-state index contributed by atoms with van der Waals surface area (Å²) in [6, 6.07) is 4.34. The van der Waals surface area contributed by atoms with E-state index in [0.717, 1.165) is 13.0 Å². The number of aliphatic hydroxyl groups excluding tert-OH is 1. The van der Waals surface area contributed by atoms with E-state index in [1.165, 1.54) is 5.56 Å². The molecule has 1 atom stereocenters. The first-order valence-corrected chi connectivity index (χ1v) is 5.77. The Morgan fingerprint density at radius 1 is 1.31 bits per heavy atom. The van der Waals surface area contributed by atoms with Gasteiger partial charge >= 0.3 is 0 Å². The third-order valence-corrected chi connectivity index (χ3v) is 2.77. The second-order valence-electron chi connectivity index (χ2n) is 5.17. The van der Waals surface area contributed by atoms with Crippen LogP contribution in [0.3, 0.4) is 0 Å². The number of aliphatic hydroxyl groups is 1. The van der Waals surface area contributed by atoms with Crippen molar-refractivity contribution >= 4 is 0 Å². The van der Waals surface area contributed by atoms with Crippen LogP contribution in [0, 0.1) is 5.41 Å². The second-order valence-corrected chi connectivity index (χ2v) is 5.17. The lowest BCUT2D eigenvalue weighted by Gasteiger charge is -2.31. The standard InChI is InChI=1S/C13H22N2O/c1-13(2,3)12(6-9-16)15-10-11-4-7-14-8-5-11/h4-5,7-8,12,15-16H,6,9-10H2,1-3H3. The second kappa shape index (κ2) is 5.97. The van der Waals surface area contributed by atoms with E-state index in [-0.39, 0.29) is 12.0 Å². The van der Waals surface area contributed by atoms with Gasteiger partial charge in [0.2, 0.25) is 0 Å². The highest BCUT2D eigenvalue weighted by Crippen LogP contribution is 2.21. The molecule has 0 spiro atoms. The fourth-order valence-electron chi connectivity index (χ4n) is 1.71. The molecule has 0 aliphatic carbocycles. The summed E-state index contributed by atoms with van der Waals surface area (Å²) in [5, 5.41) is 12.5. The van der Waals surface area contributed by atoms with Crippen LogP contribution in [-0.4, -0.2) is 22.7 Å². The number of rotatable bonds is 5. The van der Waals surface area contributed by atoms with E-state index in [4.69, 9.17) is 5.11 Å². The minimum atomic E-state index is 0.162. The molecule has 0 fully saturated rings. The normalized spacial score (nSPS) is 13.8. The summed E-state index contributed by atoms with van der Waals surface area (Å²) >= 11 is 0. The van der Waals surface area contributed by atoms with Crippen molar-refractivity contribution in [2.24, 2.45) is 5.41 Å². The zero-order valence-corrected chi connectivity index (χ0v) is 10.4. The molecule has 0 saturated carbocycles. The molecule has 1 aromatic rings. The van der Waals surface area contributed by atoms with Crippen LogP contribution >= 0.6 is 0 Å². The number of aromatic nitrogens is 1. The Morgan fingerprint density at radius 2 is 1.94 bits per heavy atom. The Labute approximate surface area is 97.9 Å². The fourth-order valence-corrected chi connectivity index (χ4v) is 1.71. The minimum absolute atomic E-state index is 0.162. The maximum Gasteiger partial charge on any atom is 0.0446 e. The Bertz CT molecular complexity index is 293. The molecule has 16 heavy (non-hydrogen) atoms. The van der Waals surface area contributed by atoms with Crippen molar-refractivity contribution in [3.8, 4) is 0 Å². The average Bonchev–Trinajstić information content (AvgIpc) is 2.24. The Balaban J connectivity index is 2.51. The van der Waals surface area contributed by atoms with Crippen molar-refractivity contribution in [2.75, 3.05) is 6.61 Å². The molecule has 90 valence electrons. The monoisotopic (exact) mass is 222 g/mol. The van der Waals surface area contributed by atoms with Crippen LogP contribution in [-0.2, 0) is 6.54 Å². The Hall–Kier alpha value is -0.930. The lowest BCUT2D eigenvalue weighted by molar-refractivity contribution is 0.196. The Kier molecular flexibility index (Phi) is 4.90. The zero-order chi connectivity index (χ0) is 12.0. The van der Waals surface area contributed by atoms with Crippen molar-refractivity contribution < 1.29 is 5.11 Å². The van der Waals surface area contributed by atoms with E-state index in [9.17, 15) is 0 Å². The summed E-state index contributed by atoms with van der Waals surface area (Å²) in [5.41, 5.74) is 1.39. The smallest absolute Gasteiger partial charge is 0.0446 e. The van der Waals surface area contributed by atoms with E-state index in [0.29, 0.717) is 6.04 Å². The fraction of sp³-hybridized carbons (Fsp3) is 0.615. The van der Waals surface area contributed by atoms with E-state index >= 15 is 0 Å². The van der Waals surface area contributed by atoms with Gasteiger partial charge in [-0.3, -0.25) is 4.98 Å². The third kappa shape index (κ3) is 4.29. The molecule has 0 radical (unpaired) electrons. The SMILES string of the molecule is CC(C)(C)C(CCO)NCc1ccncc1. The lowest BCUT2D eigenvalue weighted by atomic mass is 9.85. The molecular formula is C13H22N2O. The molecule has 0 aliphatic rings. The molecule has 1 heterocycles. The molecule has 1 unspecified atom stereocenters. The van der Waals surface area contributed by atoms with Gasteiger partial charge in [-0.05, 0) is 29.5 Å². The Morgan fingerprint density at radius 3 is 2.44 bits per heavy atom. The van der Waals surface area contributed by atoms with E-state index < -0.39 is 0 Å². The van der Waals surface area contributed by atoms with Crippen molar-refractivity contribution in [1.82, 2.24) is 10.3 Å². The molecule has 1 aromatic heterocycles. The topological polar surface area (TPSA) is 45.1 Å². The predicted molar refractivity (Wildman–Crippen MR) is 66.0 cm³/mol. The maximum absolute atomic E-state index is 9.05. The highest BCUT2D eigenvalue weighted by molar-refractivity contribution is 5.09. The highest BCUT2D eigenvalue weighted by Gasteiger charge is 2.23. The molecule has 3 heteroatoms. The molecule has 0 saturated heterocycles. The van der Waals surface area contributed by atoms with Gasteiger partial charge in [-0.15, -0.1) is 0 Å². The molecule has 1 rings (SSSR count). The molecule has 0 aliphatic heterocycles. The van der Waals surface area contributed by atoms with E-state index in [2.05, 4.69) is 31.1 Å². The largest absolute Gasteiger partial charge is 0.396 e. The molecule has 0 aromatic carbocycles. The van der Waals surface area contributed by atoms with Crippen molar-refractivity contribution in [2.45, 2.75) is 39.8 Å². The van der Waals surface area contributed by atoms with Crippen LogP contribution in [0.4, 0.5) is 0 Å². The summed E-state index contributed by atoms with van der Waals surface area (Å²) in [6.45, 7) is 7.61. The van der Waals surface area contributed by atoms with Gasteiger partial charge in [-0.25, -0.2) is 0 Å². The summed E-state index contributed by atoms with van der Waals surface area (Å²) in [4.78, 5) is 3.99. The van der Waals surface area contributed by atoms with Gasteiger partial charge in [0, 0.05) is 31.6 Å². The van der Waals surface area contributed by atoms with E-state index in [1.807, 2.05) is 12.1 Å². The number of hydrogen-bond acceptors (Lipinski definition) is 3.